The van der Waals surface area contributed by atoms with Crippen molar-refractivity contribution in [1.82, 2.24) is 14.8 Å². The Labute approximate surface area is 137 Å². The Hall–Kier alpha value is -3.00. The van der Waals surface area contributed by atoms with Crippen LogP contribution in [0.2, 0.25) is 0 Å². The Bertz CT molecular complexity index is 1110. The summed E-state index contributed by atoms with van der Waals surface area (Å²) >= 11 is 0. The zero-order chi connectivity index (χ0) is 17.3. The maximum Gasteiger partial charge on any atom is 0.349 e. The second kappa shape index (κ2) is 5.89. The van der Waals surface area contributed by atoms with Crippen molar-refractivity contribution >= 4 is 9.84 Å². The van der Waals surface area contributed by atoms with Crippen molar-refractivity contribution in [2.45, 2.75) is 16.7 Å². The summed E-state index contributed by atoms with van der Waals surface area (Å²) < 4.78 is 26.3. The maximum absolute atomic E-state index is 12.7. The molecule has 0 aliphatic carbocycles. The molecule has 122 valence electrons. The molecule has 8 heteroatoms. The van der Waals surface area contributed by atoms with Crippen LogP contribution in [0, 0.1) is 6.92 Å². The number of aromatic nitrogens is 3. The van der Waals surface area contributed by atoms with Crippen molar-refractivity contribution in [3.8, 4) is 5.69 Å². The number of rotatable bonds is 3. The standard InChI is InChI=1S/C16H13N3O4S/c1-11-4-2-3-5-14(11)24(22,23)13-8-6-12(7-9-13)19-16(21)18-15(20)10-17-19/h2-10H,1H3,(H,18,20,21). The molecule has 0 aliphatic heterocycles. The van der Waals surface area contributed by atoms with E-state index >= 15 is 0 Å². The Balaban J connectivity index is 2.05. The third kappa shape index (κ3) is 2.79. The highest BCUT2D eigenvalue weighted by Gasteiger charge is 2.19. The number of aromatic amines is 1. The lowest BCUT2D eigenvalue weighted by Crippen LogP contribution is -2.30. The second-order valence-electron chi connectivity index (χ2n) is 5.11. The van der Waals surface area contributed by atoms with Crippen molar-refractivity contribution in [3.63, 3.8) is 0 Å². The van der Waals surface area contributed by atoms with Gasteiger partial charge in [0.2, 0.25) is 9.84 Å². The van der Waals surface area contributed by atoms with Crippen LogP contribution in [0.15, 0.2) is 74.1 Å². The highest BCUT2D eigenvalue weighted by atomic mass is 32.2. The Kier molecular flexibility index (Phi) is 3.90. The summed E-state index contributed by atoms with van der Waals surface area (Å²) in [5.41, 5.74) is -0.299. The minimum Gasteiger partial charge on any atom is -0.271 e. The number of hydrogen-bond acceptors (Lipinski definition) is 5. The summed E-state index contributed by atoms with van der Waals surface area (Å²) in [5.74, 6) is 0. The van der Waals surface area contributed by atoms with Gasteiger partial charge < -0.3 is 0 Å². The highest BCUT2D eigenvalue weighted by molar-refractivity contribution is 7.91. The van der Waals surface area contributed by atoms with E-state index in [4.69, 9.17) is 0 Å². The Morgan fingerprint density at radius 2 is 1.67 bits per heavy atom. The SMILES string of the molecule is Cc1ccccc1S(=O)(=O)c1ccc(-n2ncc(=O)[nH]c2=O)cc1. The van der Waals surface area contributed by atoms with E-state index in [0.717, 1.165) is 10.9 Å². The van der Waals surface area contributed by atoms with Crippen LogP contribution in [-0.4, -0.2) is 23.2 Å². The number of nitrogens with zero attached hydrogens (tertiary/aromatic N) is 2. The van der Waals surface area contributed by atoms with E-state index in [0.29, 0.717) is 11.3 Å². The van der Waals surface area contributed by atoms with Crippen LogP contribution in [0.3, 0.4) is 0 Å². The topological polar surface area (TPSA) is 102 Å². The summed E-state index contributed by atoms with van der Waals surface area (Å²) in [5, 5.41) is 3.72. The van der Waals surface area contributed by atoms with Crippen LogP contribution in [0.5, 0.6) is 0 Å². The maximum atomic E-state index is 12.7. The summed E-state index contributed by atoms with van der Waals surface area (Å²) in [6.07, 6.45) is 0.972. The van der Waals surface area contributed by atoms with Crippen LogP contribution in [-0.2, 0) is 9.84 Å². The first-order valence-electron chi connectivity index (χ1n) is 6.99. The predicted molar refractivity (Wildman–Crippen MR) is 87.1 cm³/mol. The first-order chi connectivity index (χ1) is 11.4. The van der Waals surface area contributed by atoms with E-state index in [9.17, 15) is 18.0 Å². The molecule has 3 rings (SSSR count). The van der Waals surface area contributed by atoms with E-state index < -0.39 is 21.1 Å². The van der Waals surface area contributed by atoms with Crippen molar-refractivity contribution < 1.29 is 8.42 Å². The summed E-state index contributed by atoms with van der Waals surface area (Å²) in [6, 6.07) is 12.4. The van der Waals surface area contributed by atoms with Gasteiger partial charge in [-0.3, -0.25) is 9.78 Å². The van der Waals surface area contributed by atoms with Gasteiger partial charge in [-0.15, -0.1) is 0 Å². The molecule has 0 unspecified atom stereocenters. The van der Waals surface area contributed by atoms with Gasteiger partial charge in [0.15, 0.2) is 0 Å². The first-order valence-corrected chi connectivity index (χ1v) is 8.48. The molecule has 0 spiro atoms. The molecule has 0 saturated carbocycles. The van der Waals surface area contributed by atoms with Gasteiger partial charge in [0, 0.05) is 0 Å². The van der Waals surface area contributed by atoms with Gasteiger partial charge in [-0.1, -0.05) is 18.2 Å². The van der Waals surface area contributed by atoms with E-state index in [1.807, 2.05) is 0 Å². The van der Waals surface area contributed by atoms with Crippen molar-refractivity contribution in [3.05, 3.63) is 81.1 Å². The molecule has 0 aliphatic rings. The number of sulfone groups is 1. The first kappa shape index (κ1) is 15.9. The molecule has 1 heterocycles. The zero-order valence-electron chi connectivity index (χ0n) is 12.6. The minimum absolute atomic E-state index is 0.109. The Morgan fingerprint density at radius 3 is 2.29 bits per heavy atom. The molecule has 0 radical (unpaired) electrons. The van der Waals surface area contributed by atoms with Crippen LogP contribution in [0.4, 0.5) is 0 Å². The van der Waals surface area contributed by atoms with Gasteiger partial charge in [-0.25, -0.2) is 13.2 Å². The third-order valence-electron chi connectivity index (χ3n) is 3.49. The molecule has 0 atom stereocenters. The third-order valence-corrected chi connectivity index (χ3v) is 5.42. The molecular formula is C16H13N3O4S. The average molecular weight is 343 g/mol. The molecular weight excluding hydrogens is 330 g/mol. The largest absolute Gasteiger partial charge is 0.349 e. The monoisotopic (exact) mass is 343 g/mol. The molecule has 0 bridgehead atoms. The fourth-order valence-electron chi connectivity index (χ4n) is 2.29. The van der Waals surface area contributed by atoms with E-state index in [-0.39, 0.29) is 9.79 Å². The molecule has 7 nitrogen and oxygen atoms in total. The lowest BCUT2D eigenvalue weighted by Gasteiger charge is -2.08. The number of H-pyrrole nitrogens is 1. The predicted octanol–water partition coefficient (Wildman–Crippen LogP) is 1.06. The van der Waals surface area contributed by atoms with Gasteiger partial charge in [0.05, 0.1) is 15.5 Å². The second-order valence-corrected chi connectivity index (χ2v) is 7.03. The quantitative estimate of drug-likeness (QED) is 0.766. The van der Waals surface area contributed by atoms with Crippen molar-refractivity contribution in [1.29, 1.82) is 0 Å². The number of aryl methyl sites for hydroxylation is 1. The lowest BCUT2D eigenvalue weighted by atomic mass is 10.2. The highest BCUT2D eigenvalue weighted by Crippen LogP contribution is 2.24. The molecule has 24 heavy (non-hydrogen) atoms. The fraction of sp³-hybridized carbons (Fsp3) is 0.0625. The molecule has 0 fully saturated rings. The van der Waals surface area contributed by atoms with E-state index in [1.54, 1.807) is 31.2 Å². The summed E-state index contributed by atoms with van der Waals surface area (Å²) in [7, 11) is -3.65. The average Bonchev–Trinajstić information content (AvgIpc) is 2.55. The molecule has 0 amide bonds. The number of nitrogens with one attached hydrogen (secondary N) is 1. The van der Waals surface area contributed by atoms with Gasteiger partial charge >= 0.3 is 5.69 Å². The molecule has 0 saturated heterocycles. The number of hydrogen-bond donors (Lipinski definition) is 1. The summed E-state index contributed by atoms with van der Waals surface area (Å²) in [4.78, 5) is 25.2. The summed E-state index contributed by atoms with van der Waals surface area (Å²) in [6.45, 7) is 1.73. The Morgan fingerprint density at radius 1 is 1.00 bits per heavy atom. The number of benzene rings is 2. The van der Waals surface area contributed by atoms with Gasteiger partial charge in [0.25, 0.3) is 5.56 Å². The van der Waals surface area contributed by atoms with Crippen molar-refractivity contribution in [2.75, 3.05) is 0 Å². The van der Waals surface area contributed by atoms with Crippen LogP contribution < -0.4 is 11.2 Å². The van der Waals surface area contributed by atoms with Crippen LogP contribution >= 0.6 is 0 Å². The molecule has 2 aromatic carbocycles. The molecule has 1 N–H and O–H groups in total. The molecule has 1 aromatic heterocycles. The minimum atomic E-state index is -3.65. The normalized spacial score (nSPS) is 11.4. The van der Waals surface area contributed by atoms with E-state index in [1.165, 1.54) is 24.3 Å². The van der Waals surface area contributed by atoms with Gasteiger partial charge in [-0.2, -0.15) is 9.78 Å². The van der Waals surface area contributed by atoms with E-state index in [2.05, 4.69) is 10.1 Å². The zero-order valence-corrected chi connectivity index (χ0v) is 13.4. The van der Waals surface area contributed by atoms with Crippen LogP contribution in [0.1, 0.15) is 5.56 Å². The van der Waals surface area contributed by atoms with Gasteiger partial charge in [0.1, 0.15) is 6.20 Å². The molecule has 3 aromatic rings. The van der Waals surface area contributed by atoms with Gasteiger partial charge in [-0.05, 0) is 42.8 Å². The lowest BCUT2D eigenvalue weighted by molar-refractivity contribution is 0.595. The van der Waals surface area contributed by atoms with Crippen LogP contribution in [0.25, 0.3) is 5.69 Å². The fourth-order valence-corrected chi connectivity index (χ4v) is 3.79. The van der Waals surface area contributed by atoms with Crippen molar-refractivity contribution in [2.24, 2.45) is 0 Å². The smallest absolute Gasteiger partial charge is 0.271 e.